The SMILES string of the molecule is CCCCOCCNc1cc(C)cc(N)c1. The molecule has 0 fully saturated rings. The van der Waals surface area contributed by atoms with Gasteiger partial charge < -0.3 is 15.8 Å². The van der Waals surface area contributed by atoms with Crippen LogP contribution < -0.4 is 11.1 Å². The molecule has 0 aromatic heterocycles. The number of hydrogen-bond acceptors (Lipinski definition) is 3. The molecule has 0 saturated carbocycles. The van der Waals surface area contributed by atoms with Gasteiger partial charge in [-0.25, -0.2) is 0 Å². The van der Waals surface area contributed by atoms with Crippen molar-refractivity contribution in [1.29, 1.82) is 0 Å². The lowest BCUT2D eigenvalue weighted by atomic mass is 10.2. The second-order valence-corrected chi connectivity index (χ2v) is 4.03. The molecule has 0 unspecified atom stereocenters. The molecule has 0 heterocycles. The highest BCUT2D eigenvalue weighted by Crippen LogP contribution is 2.15. The van der Waals surface area contributed by atoms with E-state index >= 15 is 0 Å². The van der Waals surface area contributed by atoms with Gasteiger partial charge in [0, 0.05) is 24.5 Å². The first-order chi connectivity index (χ1) is 7.72. The fourth-order valence-corrected chi connectivity index (χ4v) is 1.53. The number of hydrogen-bond donors (Lipinski definition) is 2. The summed E-state index contributed by atoms with van der Waals surface area (Å²) >= 11 is 0. The Hall–Kier alpha value is -1.22. The summed E-state index contributed by atoms with van der Waals surface area (Å²) in [6, 6.07) is 5.99. The highest BCUT2D eigenvalue weighted by Gasteiger charge is 1.95. The molecule has 0 saturated heterocycles. The topological polar surface area (TPSA) is 47.3 Å². The van der Waals surface area contributed by atoms with Crippen LogP contribution in [0.4, 0.5) is 11.4 Å². The quantitative estimate of drug-likeness (QED) is 0.551. The number of nitrogens with one attached hydrogen (secondary N) is 1. The van der Waals surface area contributed by atoms with Gasteiger partial charge >= 0.3 is 0 Å². The van der Waals surface area contributed by atoms with Crippen LogP contribution in [0.5, 0.6) is 0 Å². The zero-order chi connectivity index (χ0) is 11.8. The molecule has 3 N–H and O–H groups in total. The standard InChI is InChI=1S/C13H22N2O/c1-3-4-6-16-7-5-15-13-9-11(2)8-12(14)10-13/h8-10,15H,3-7,14H2,1-2H3. The summed E-state index contributed by atoms with van der Waals surface area (Å²) in [5, 5.41) is 3.30. The molecule has 3 heteroatoms. The first kappa shape index (κ1) is 12.8. The van der Waals surface area contributed by atoms with E-state index in [9.17, 15) is 0 Å². The summed E-state index contributed by atoms with van der Waals surface area (Å²) in [5.74, 6) is 0. The summed E-state index contributed by atoms with van der Waals surface area (Å²) in [4.78, 5) is 0. The lowest BCUT2D eigenvalue weighted by Crippen LogP contribution is -2.10. The molecule has 0 aliphatic rings. The van der Waals surface area contributed by atoms with Crippen molar-refractivity contribution < 1.29 is 4.74 Å². The first-order valence-corrected chi connectivity index (χ1v) is 5.91. The van der Waals surface area contributed by atoms with E-state index in [4.69, 9.17) is 10.5 Å². The molecule has 0 radical (unpaired) electrons. The van der Waals surface area contributed by atoms with E-state index in [2.05, 4.69) is 18.3 Å². The Bertz CT molecular complexity index is 293. The lowest BCUT2D eigenvalue weighted by molar-refractivity contribution is 0.141. The zero-order valence-corrected chi connectivity index (χ0v) is 10.3. The maximum absolute atomic E-state index is 5.76. The smallest absolute Gasteiger partial charge is 0.0639 e. The van der Waals surface area contributed by atoms with Crippen LogP contribution in [0.15, 0.2) is 18.2 Å². The molecule has 1 aromatic carbocycles. The van der Waals surface area contributed by atoms with Gasteiger partial charge in [-0.3, -0.25) is 0 Å². The number of nitrogen functional groups attached to an aromatic ring is 1. The minimum Gasteiger partial charge on any atom is -0.399 e. The van der Waals surface area contributed by atoms with E-state index in [-0.39, 0.29) is 0 Å². The molecule has 90 valence electrons. The third-order valence-electron chi connectivity index (χ3n) is 2.32. The third-order valence-corrected chi connectivity index (χ3v) is 2.32. The van der Waals surface area contributed by atoms with Crippen LogP contribution in [0, 0.1) is 6.92 Å². The molecule has 1 rings (SSSR count). The lowest BCUT2D eigenvalue weighted by Gasteiger charge is -2.08. The van der Waals surface area contributed by atoms with Crippen molar-refractivity contribution in [2.75, 3.05) is 30.8 Å². The van der Waals surface area contributed by atoms with Gasteiger partial charge in [-0.15, -0.1) is 0 Å². The predicted octanol–water partition coefficient (Wildman–Crippen LogP) is 2.81. The highest BCUT2D eigenvalue weighted by molar-refractivity contribution is 5.56. The highest BCUT2D eigenvalue weighted by atomic mass is 16.5. The van der Waals surface area contributed by atoms with Crippen molar-refractivity contribution in [2.45, 2.75) is 26.7 Å². The summed E-state index contributed by atoms with van der Waals surface area (Å²) in [6.45, 7) is 6.63. The van der Waals surface area contributed by atoms with E-state index in [0.717, 1.165) is 37.6 Å². The van der Waals surface area contributed by atoms with E-state index in [0.29, 0.717) is 0 Å². The van der Waals surface area contributed by atoms with Crippen LogP contribution in [-0.4, -0.2) is 19.8 Å². The zero-order valence-electron chi connectivity index (χ0n) is 10.3. The van der Waals surface area contributed by atoms with Crippen molar-refractivity contribution in [2.24, 2.45) is 0 Å². The molecular formula is C13H22N2O. The first-order valence-electron chi connectivity index (χ1n) is 5.91. The number of ether oxygens (including phenoxy) is 1. The van der Waals surface area contributed by atoms with Crippen molar-refractivity contribution in [3.63, 3.8) is 0 Å². The molecule has 3 nitrogen and oxygen atoms in total. The minimum atomic E-state index is 0.744. The van der Waals surface area contributed by atoms with Crippen molar-refractivity contribution in [3.05, 3.63) is 23.8 Å². The van der Waals surface area contributed by atoms with Gasteiger partial charge in [-0.05, 0) is 37.1 Å². The summed E-state index contributed by atoms with van der Waals surface area (Å²) in [7, 11) is 0. The van der Waals surface area contributed by atoms with Crippen LogP contribution in [0.3, 0.4) is 0 Å². The molecule has 16 heavy (non-hydrogen) atoms. The Morgan fingerprint density at radius 2 is 2.06 bits per heavy atom. The van der Waals surface area contributed by atoms with Crippen LogP contribution in [-0.2, 0) is 4.74 Å². The fourth-order valence-electron chi connectivity index (χ4n) is 1.53. The number of unbranched alkanes of at least 4 members (excludes halogenated alkanes) is 1. The van der Waals surface area contributed by atoms with Crippen LogP contribution in [0.25, 0.3) is 0 Å². The molecule has 0 aliphatic carbocycles. The average Bonchev–Trinajstić information content (AvgIpc) is 2.22. The van der Waals surface area contributed by atoms with Gasteiger partial charge in [0.1, 0.15) is 0 Å². The molecule has 0 spiro atoms. The Morgan fingerprint density at radius 3 is 2.75 bits per heavy atom. The number of benzene rings is 1. The van der Waals surface area contributed by atoms with Crippen LogP contribution in [0.2, 0.25) is 0 Å². The van der Waals surface area contributed by atoms with E-state index in [1.54, 1.807) is 0 Å². The normalized spacial score (nSPS) is 10.4. The van der Waals surface area contributed by atoms with Crippen molar-refractivity contribution in [3.8, 4) is 0 Å². The van der Waals surface area contributed by atoms with Gasteiger partial charge in [0.25, 0.3) is 0 Å². The number of anilines is 2. The summed E-state index contributed by atoms with van der Waals surface area (Å²) in [6.07, 6.45) is 2.32. The summed E-state index contributed by atoms with van der Waals surface area (Å²) in [5.41, 5.74) is 8.80. The van der Waals surface area contributed by atoms with Gasteiger partial charge in [0.15, 0.2) is 0 Å². The Morgan fingerprint density at radius 1 is 1.25 bits per heavy atom. The molecule has 1 aromatic rings. The molecule has 0 amide bonds. The Balaban J connectivity index is 2.21. The predicted molar refractivity (Wildman–Crippen MR) is 69.8 cm³/mol. The van der Waals surface area contributed by atoms with E-state index in [1.165, 1.54) is 12.0 Å². The number of nitrogens with two attached hydrogens (primary N) is 1. The van der Waals surface area contributed by atoms with Crippen molar-refractivity contribution in [1.82, 2.24) is 0 Å². The second kappa shape index (κ2) is 7.12. The molecule has 0 aliphatic heterocycles. The summed E-state index contributed by atoms with van der Waals surface area (Å²) < 4.78 is 5.46. The minimum absolute atomic E-state index is 0.744. The molecular weight excluding hydrogens is 200 g/mol. The third kappa shape index (κ3) is 5.03. The van der Waals surface area contributed by atoms with E-state index in [1.807, 2.05) is 19.1 Å². The van der Waals surface area contributed by atoms with Crippen LogP contribution in [0.1, 0.15) is 25.3 Å². The van der Waals surface area contributed by atoms with Gasteiger partial charge in [0.2, 0.25) is 0 Å². The van der Waals surface area contributed by atoms with E-state index < -0.39 is 0 Å². The maximum Gasteiger partial charge on any atom is 0.0639 e. The van der Waals surface area contributed by atoms with Gasteiger partial charge in [-0.2, -0.15) is 0 Å². The number of rotatable bonds is 7. The average molecular weight is 222 g/mol. The van der Waals surface area contributed by atoms with Crippen molar-refractivity contribution >= 4 is 11.4 Å². The van der Waals surface area contributed by atoms with Crippen LogP contribution >= 0.6 is 0 Å². The Kier molecular flexibility index (Phi) is 5.72. The van der Waals surface area contributed by atoms with Gasteiger partial charge in [0.05, 0.1) is 6.61 Å². The molecule has 0 bridgehead atoms. The fraction of sp³-hybridized carbons (Fsp3) is 0.538. The Labute approximate surface area is 98.0 Å². The van der Waals surface area contributed by atoms with Gasteiger partial charge in [-0.1, -0.05) is 13.3 Å². The largest absolute Gasteiger partial charge is 0.399 e. The maximum atomic E-state index is 5.76. The number of aryl methyl sites for hydroxylation is 1. The monoisotopic (exact) mass is 222 g/mol. The molecule has 0 atom stereocenters. The second-order valence-electron chi connectivity index (χ2n) is 4.03.